The van der Waals surface area contributed by atoms with Gasteiger partial charge in [0.25, 0.3) is 5.91 Å². The van der Waals surface area contributed by atoms with Crippen LogP contribution in [0.15, 0.2) is 36.4 Å². The van der Waals surface area contributed by atoms with E-state index in [9.17, 15) is 9.18 Å². The van der Waals surface area contributed by atoms with Crippen molar-refractivity contribution in [1.29, 1.82) is 0 Å². The van der Waals surface area contributed by atoms with Crippen molar-refractivity contribution in [2.24, 2.45) is 0 Å². The fourth-order valence-electron chi connectivity index (χ4n) is 2.48. The highest BCUT2D eigenvalue weighted by atomic mass is 35.5. The Morgan fingerprint density at radius 1 is 1.29 bits per heavy atom. The number of amides is 1. The van der Waals surface area contributed by atoms with Gasteiger partial charge in [0.2, 0.25) is 0 Å². The summed E-state index contributed by atoms with van der Waals surface area (Å²) in [6.45, 7) is 1.68. The predicted molar refractivity (Wildman–Crippen MR) is 81.2 cm³/mol. The second-order valence-corrected chi connectivity index (χ2v) is 5.36. The predicted octanol–water partition coefficient (Wildman–Crippen LogP) is 3.38. The maximum absolute atomic E-state index is 13.4. The number of anilines is 1. The Kier molecular flexibility index (Phi) is 3.90. The fraction of sp³-hybridized carbons (Fsp3) is 0.188. The van der Waals surface area contributed by atoms with Crippen LogP contribution in [0.4, 0.5) is 10.1 Å². The Balaban J connectivity index is 1.86. The minimum Gasteiger partial charge on any atom is -0.322 e. The van der Waals surface area contributed by atoms with Gasteiger partial charge < -0.3 is 10.6 Å². The molecule has 0 aliphatic carbocycles. The molecule has 2 N–H and O–H groups in total. The van der Waals surface area contributed by atoms with E-state index in [-0.39, 0.29) is 16.5 Å². The summed E-state index contributed by atoms with van der Waals surface area (Å²) < 4.78 is 13.4. The molecule has 0 saturated carbocycles. The summed E-state index contributed by atoms with van der Waals surface area (Å²) in [4.78, 5) is 12.2. The van der Waals surface area contributed by atoms with Crippen molar-refractivity contribution in [2.75, 3.05) is 11.9 Å². The number of rotatable bonds is 2. The molecule has 21 heavy (non-hydrogen) atoms. The van der Waals surface area contributed by atoms with Crippen LogP contribution in [0.3, 0.4) is 0 Å². The van der Waals surface area contributed by atoms with Crippen LogP contribution >= 0.6 is 11.6 Å². The summed E-state index contributed by atoms with van der Waals surface area (Å²) in [5.41, 5.74) is 3.36. The number of fused-ring (bicyclic) bond motifs is 1. The number of carbonyl (C=O) groups is 1. The number of nitrogens with one attached hydrogen (secondary N) is 2. The highest BCUT2D eigenvalue weighted by molar-refractivity contribution is 6.30. The van der Waals surface area contributed by atoms with Gasteiger partial charge >= 0.3 is 0 Å². The maximum Gasteiger partial charge on any atom is 0.255 e. The van der Waals surface area contributed by atoms with E-state index in [2.05, 4.69) is 10.6 Å². The van der Waals surface area contributed by atoms with E-state index >= 15 is 0 Å². The first-order chi connectivity index (χ1) is 10.1. The van der Waals surface area contributed by atoms with Crippen molar-refractivity contribution in [3.05, 3.63) is 63.9 Å². The molecule has 0 fully saturated rings. The Hall–Kier alpha value is -1.91. The second kappa shape index (κ2) is 5.84. The quantitative estimate of drug-likeness (QED) is 0.893. The first kappa shape index (κ1) is 14.0. The van der Waals surface area contributed by atoms with Crippen LogP contribution in [0.25, 0.3) is 0 Å². The lowest BCUT2D eigenvalue weighted by molar-refractivity contribution is 0.102. The third-order valence-electron chi connectivity index (χ3n) is 3.57. The van der Waals surface area contributed by atoms with Crippen molar-refractivity contribution in [3.8, 4) is 0 Å². The zero-order valence-corrected chi connectivity index (χ0v) is 12.0. The van der Waals surface area contributed by atoms with E-state index in [1.54, 1.807) is 0 Å². The summed E-state index contributed by atoms with van der Waals surface area (Å²) >= 11 is 5.63. The molecule has 2 aromatic rings. The van der Waals surface area contributed by atoms with Gasteiger partial charge in [-0.25, -0.2) is 4.39 Å². The van der Waals surface area contributed by atoms with Gasteiger partial charge in [-0.15, -0.1) is 0 Å². The Bertz CT molecular complexity index is 703. The second-order valence-electron chi connectivity index (χ2n) is 4.95. The van der Waals surface area contributed by atoms with Crippen molar-refractivity contribution in [3.63, 3.8) is 0 Å². The average Bonchev–Trinajstić information content (AvgIpc) is 2.50. The molecule has 1 heterocycles. The maximum atomic E-state index is 13.4. The van der Waals surface area contributed by atoms with Crippen molar-refractivity contribution in [1.82, 2.24) is 5.32 Å². The number of benzene rings is 2. The van der Waals surface area contributed by atoms with Crippen LogP contribution in [0.1, 0.15) is 21.5 Å². The molecular weight excluding hydrogens is 291 g/mol. The molecule has 1 amide bonds. The van der Waals surface area contributed by atoms with E-state index in [4.69, 9.17) is 11.6 Å². The molecule has 0 bridgehead atoms. The molecule has 1 aliphatic rings. The van der Waals surface area contributed by atoms with Gasteiger partial charge in [-0.1, -0.05) is 23.7 Å². The standard InChI is InChI=1S/C16H14ClFN2O/c17-13-5-4-10(8-14(13)18)16(21)20-15-3-1-2-11-9-19-7-6-12(11)15/h1-5,8,19H,6-7,9H2,(H,20,21). The minimum atomic E-state index is -0.594. The van der Waals surface area contributed by atoms with Gasteiger partial charge in [0.15, 0.2) is 0 Å². The van der Waals surface area contributed by atoms with Crippen molar-refractivity contribution < 1.29 is 9.18 Å². The van der Waals surface area contributed by atoms with Gasteiger partial charge in [0.1, 0.15) is 5.82 Å². The van der Waals surface area contributed by atoms with E-state index in [1.807, 2.05) is 18.2 Å². The Morgan fingerprint density at radius 3 is 2.95 bits per heavy atom. The Morgan fingerprint density at radius 2 is 2.14 bits per heavy atom. The zero-order chi connectivity index (χ0) is 14.8. The van der Waals surface area contributed by atoms with Gasteiger partial charge in [0.05, 0.1) is 5.02 Å². The van der Waals surface area contributed by atoms with Gasteiger partial charge in [-0.3, -0.25) is 4.79 Å². The normalized spacial score (nSPS) is 13.6. The SMILES string of the molecule is O=C(Nc1cccc2c1CCNC2)c1ccc(Cl)c(F)c1. The summed E-state index contributed by atoms with van der Waals surface area (Å²) in [5.74, 6) is -0.930. The molecule has 2 aromatic carbocycles. The molecule has 0 saturated heterocycles. The molecule has 0 unspecified atom stereocenters. The lowest BCUT2D eigenvalue weighted by Crippen LogP contribution is -2.25. The summed E-state index contributed by atoms with van der Waals surface area (Å²) in [5, 5.41) is 6.16. The fourth-order valence-corrected chi connectivity index (χ4v) is 2.60. The van der Waals surface area contributed by atoms with E-state index in [0.29, 0.717) is 0 Å². The molecule has 1 aliphatic heterocycles. The topological polar surface area (TPSA) is 41.1 Å². The molecular formula is C16H14ClFN2O. The zero-order valence-electron chi connectivity index (χ0n) is 11.2. The van der Waals surface area contributed by atoms with E-state index < -0.39 is 5.82 Å². The third-order valence-corrected chi connectivity index (χ3v) is 3.88. The first-order valence-electron chi connectivity index (χ1n) is 6.73. The summed E-state index contributed by atoms with van der Waals surface area (Å²) in [6, 6.07) is 9.86. The largest absolute Gasteiger partial charge is 0.322 e. The highest BCUT2D eigenvalue weighted by Gasteiger charge is 2.15. The third kappa shape index (κ3) is 2.91. The summed E-state index contributed by atoms with van der Waals surface area (Å²) in [6.07, 6.45) is 0.862. The van der Waals surface area contributed by atoms with Crippen LogP contribution in [-0.2, 0) is 13.0 Å². The van der Waals surface area contributed by atoms with Crippen LogP contribution in [-0.4, -0.2) is 12.5 Å². The molecule has 0 radical (unpaired) electrons. The Labute approximate surface area is 127 Å². The number of hydrogen-bond acceptors (Lipinski definition) is 2. The molecule has 0 spiro atoms. The first-order valence-corrected chi connectivity index (χ1v) is 7.11. The van der Waals surface area contributed by atoms with Gasteiger partial charge in [-0.05, 0) is 48.4 Å². The van der Waals surface area contributed by atoms with Crippen LogP contribution in [0.5, 0.6) is 0 Å². The molecule has 0 atom stereocenters. The summed E-state index contributed by atoms with van der Waals surface area (Å²) in [7, 11) is 0. The minimum absolute atomic E-state index is 0.00900. The molecule has 5 heteroatoms. The number of halogens is 2. The van der Waals surface area contributed by atoms with E-state index in [1.165, 1.54) is 17.7 Å². The van der Waals surface area contributed by atoms with Gasteiger partial charge in [-0.2, -0.15) is 0 Å². The van der Waals surface area contributed by atoms with Crippen LogP contribution in [0, 0.1) is 5.82 Å². The molecule has 108 valence electrons. The lowest BCUT2D eigenvalue weighted by atomic mass is 9.99. The van der Waals surface area contributed by atoms with Gasteiger partial charge in [0, 0.05) is 17.8 Å². The smallest absolute Gasteiger partial charge is 0.255 e. The molecule has 3 rings (SSSR count). The van der Waals surface area contributed by atoms with E-state index in [0.717, 1.165) is 36.8 Å². The van der Waals surface area contributed by atoms with Crippen LogP contribution < -0.4 is 10.6 Å². The average molecular weight is 305 g/mol. The molecule has 3 nitrogen and oxygen atoms in total. The van der Waals surface area contributed by atoms with Crippen LogP contribution in [0.2, 0.25) is 5.02 Å². The number of hydrogen-bond donors (Lipinski definition) is 2. The van der Waals surface area contributed by atoms with Crippen molar-refractivity contribution >= 4 is 23.2 Å². The van der Waals surface area contributed by atoms with Crippen molar-refractivity contribution in [2.45, 2.75) is 13.0 Å². The number of carbonyl (C=O) groups excluding carboxylic acids is 1. The lowest BCUT2D eigenvalue weighted by Gasteiger charge is -2.20. The molecule has 0 aromatic heterocycles. The highest BCUT2D eigenvalue weighted by Crippen LogP contribution is 2.24. The monoisotopic (exact) mass is 304 g/mol.